The minimum Gasteiger partial charge on any atom is -0.311 e. The van der Waals surface area contributed by atoms with Crippen LogP contribution in [-0.4, -0.2) is 37.1 Å². The first-order chi connectivity index (χ1) is 8.22. The number of nitrogens with zero attached hydrogens (tertiary/aromatic N) is 1. The topological polar surface area (TPSA) is 15.3 Å². The van der Waals surface area contributed by atoms with Crippen LogP contribution < -0.4 is 5.32 Å². The van der Waals surface area contributed by atoms with Crippen molar-refractivity contribution in [2.75, 3.05) is 26.2 Å². The Kier molecular flexibility index (Phi) is 3.45. The molecule has 2 heteroatoms. The SMILES string of the molecule is CC(C)C1CN(CC2CC3CCC2C3)CCN1. The van der Waals surface area contributed by atoms with E-state index in [4.69, 9.17) is 0 Å². The van der Waals surface area contributed by atoms with Crippen molar-refractivity contribution in [2.24, 2.45) is 23.7 Å². The molecule has 3 fully saturated rings. The fourth-order valence-corrected chi connectivity index (χ4v) is 4.39. The van der Waals surface area contributed by atoms with Gasteiger partial charge in [-0.3, -0.25) is 0 Å². The molecule has 4 atom stereocenters. The zero-order chi connectivity index (χ0) is 11.8. The molecule has 1 saturated heterocycles. The fourth-order valence-electron chi connectivity index (χ4n) is 4.39. The third-order valence-corrected chi connectivity index (χ3v) is 5.47. The molecule has 1 aliphatic heterocycles. The summed E-state index contributed by atoms with van der Waals surface area (Å²) >= 11 is 0. The van der Waals surface area contributed by atoms with Gasteiger partial charge in [0.05, 0.1) is 0 Å². The second kappa shape index (κ2) is 4.89. The smallest absolute Gasteiger partial charge is 0.0218 e. The Balaban J connectivity index is 1.51. The largest absolute Gasteiger partial charge is 0.311 e. The first-order valence-corrected chi connectivity index (χ1v) is 7.68. The Morgan fingerprint density at radius 2 is 2.12 bits per heavy atom. The van der Waals surface area contributed by atoms with Crippen molar-refractivity contribution >= 4 is 0 Å². The van der Waals surface area contributed by atoms with Crippen molar-refractivity contribution in [3.05, 3.63) is 0 Å². The molecule has 0 radical (unpaired) electrons. The van der Waals surface area contributed by atoms with Crippen LogP contribution in [0.15, 0.2) is 0 Å². The lowest BCUT2D eigenvalue weighted by molar-refractivity contribution is 0.134. The van der Waals surface area contributed by atoms with E-state index in [2.05, 4.69) is 24.1 Å². The number of nitrogens with one attached hydrogen (secondary N) is 1. The highest BCUT2D eigenvalue weighted by molar-refractivity contribution is 4.92. The van der Waals surface area contributed by atoms with Crippen LogP contribution >= 0.6 is 0 Å². The molecule has 2 bridgehead atoms. The summed E-state index contributed by atoms with van der Waals surface area (Å²) in [5, 5.41) is 3.67. The molecule has 0 aromatic carbocycles. The summed E-state index contributed by atoms with van der Waals surface area (Å²) in [6.45, 7) is 9.84. The van der Waals surface area contributed by atoms with E-state index >= 15 is 0 Å². The summed E-state index contributed by atoms with van der Waals surface area (Å²) in [5.41, 5.74) is 0. The molecule has 0 spiro atoms. The maximum Gasteiger partial charge on any atom is 0.0218 e. The highest BCUT2D eigenvalue weighted by atomic mass is 15.2. The highest BCUT2D eigenvalue weighted by Crippen LogP contribution is 2.48. The molecule has 3 rings (SSSR count). The Morgan fingerprint density at radius 3 is 2.76 bits per heavy atom. The minimum absolute atomic E-state index is 0.724. The highest BCUT2D eigenvalue weighted by Gasteiger charge is 2.40. The Hall–Kier alpha value is -0.0800. The van der Waals surface area contributed by atoms with E-state index in [-0.39, 0.29) is 0 Å². The molecule has 0 amide bonds. The van der Waals surface area contributed by atoms with Crippen LogP contribution in [0.2, 0.25) is 0 Å². The second-order valence-corrected chi connectivity index (χ2v) is 7.00. The van der Waals surface area contributed by atoms with E-state index in [1.54, 1.807) is 12.8 Å². The van der Waals surface area contributed by atoms with Gasteiger partial charge in [-0.2, -0.15) is 0 Å². The van der Waals surface area contributed by atoms with Gasteiger partial charge in [0.25, 0.3) is 0 Å². The lowest BCUT2D eigenvalue weighted by Gasteiger charge is -2.38. The van der Waals surface area contributed by atoms with Gasteiger partial charge in [-0.05, 0) is 42.9 Å². The molecule has 1 heterocycles. The molecule has 0 aromatic rings. The van der Waals surface area contributed by atoms with Crippen LogP contribution in [0.3, 0.4) is 0 Å². The van der Waals surface area contributed by atoms with Crippen LogP contribution in [0.4, 0.5) is 0 Å². The number of hydrogen-bond donors (Lipinski definition) is 1. The molecule has 17 heavy (non-hydrogen) atoms. The van der Waals surface area contributed by atoms with Gasteiger partial charge in [-0.15, -0.1) is 0 Å². The monoisotopic (exact) mass is 236 g/mol. The maximum absolute atomic E-state index is 3.67. The van der Waals surface area contributed by atoms with Crippen LogP contribution in [0.25, 0.3) is 0 Å². The zero-order valence-corrected chi connectivity index (χ0v) is 11.5. The third kappa shape index (κ3) is 2.53. The summed E-state index contributed by atoms with van der Waals surface area (Å²) in [5.74, 6) is 4.01. The van der Waals surface area contributed by atoms with Crippen LogP contribution in [-0.2, 0) is 0 Å². The van der Waals surface area contributed by atoms with Gasteiger partial charge in [-0.1, -0.05) is 20.3 Å². The van der Waals surface area contributed by atoms with Crippen molar-refractivity contribution in [1.82, 2.24) is 10.2 Å². The molecule has 2 nitrogen and oxygen atoms in total. The van der Waals surface area contributed by atoms with Crippen molar-refractivity contribution in [1.29, 1.82) is 0 Å². The molecule has 0 aromatic heterocycles. The lowest BCUT2D eigenvalue weighted by atomic mass is 9.88. The van der Waals surface area contributed by atoms with Crippen molar-refractivity contribution in [2.45, 2.75) is 45.6 Å². The molecule has 3 aliphatic rings. The van der Waals surface area contributed by atoms with E-state index in [1.165, 1.54) is 39.0 Å². The van der Waals surface area contributed by atoms with Crippen LogP contribution in [0.5, 0.6) is 0 Å². The first kappa shape index (κ1) is 12.0. The molecule has 98 valence electrons. The third-order valence-electron chi connectivity index (χ3n) is 5.47. The van der Waals surface area contributed by atoms with Crippen LogP contribution in [0, 0.1) is 23.7 Å². The average Bonchev–Trinajstić information content (AvgIpc) is 2.91. The van der Waals surface area contributed by atoms with E-state index in [9.17, 15) is 0 Å². The summed E-state index contributed by atoms with van der Waals surface area (Å²) in [6, 6.07) is 0.724. The Bertz CT molecular complexity index is 264. The molecule has 2 saturated carbocycles. The van der Waals surface area contributed by atoms with Crippen molar-refractivity contribution < 1.29 is 0 Å². The van der Waals surface area contributed by atoms with Gasteiger partial charge in [0.15, 0.2) is 0 Å². The van der Waals surface area contributed by atoms with Crippen LogP contribution in [0.1, 0.15) is 39.5 Å². The van der Waals surface area contributed by atoms with Gasteiger partial charge in [-0.25, -0.2) is 0 Å². The predicted molar refractivity (Wildman–Crippen MR) is 72.0 cm³/mol. The number of piperazine rings is 1. The Morgan fingerprint density at radius 1 is 1.24 bits per heavy atom. The van der Waals surface area contributed by atoms with E-state index in [0.29, 0.717) is 0 Å². The maximum atomic E-state index is 3.67. The minimum atomic E-state index is 0.724. The molecule has 2 aliphatic carbocycles. The molecular formula is C15H28N2. The zero-order valence-electron chi connectivity index (χ0n) is 11.5. The van der Waals surface area contributed by atoms with Gasteiger partial charge in [0.1, 0.15) is 0 Å². The molecule has 4 unspecified atom stereocenters. The number of rotatable bonds is 3. The van der Waals surface area contributed by atoms with Crippen molar-refractivity contribution in [3.8, 4) is 0 Å². The number of hydrogen-bond acceptors (Lipinski definition) is 2. The average molecular weight is 236 g/mol. The second-order valence-electron chi connectivity index (χ2n) is 7.00. The van der Waals surface area contributed by atoms with Crippen molar-refractivity contribution in [3.63, 3.8) is 0 Å². The first-order valence-electron chi connectivity index (χ1n) is 7.68. The van der Waals surface area contributed by atoms with E-state index < -0.39 is 0 Å². The standard InChI is InChI=1S/C15H28N2/c1-11(2)15-10-17(6-5-16-15)9-14-8-12-3-4-13(14)7-12/h11-16H,3-10H2,1-2H3. The quantitative estimate of drug-likeness (QED) is 0.809. The predicted octanol–water partition coefficient (Wildman–Crippen LogP) is 2.35. The van der Waals surface area contributed by atoms with Gasteiger partial charge in [0.2, 0.25) is 0 Å². The summed E-state index contributed by atoms with van der Waals surface area (Å²) < 4.78 is 0. The summed E-state index contributed by atoms with van der Waals surface area (Å²) in [7, 11) is 0. The van der Waals surface area contributed by atoms with E-state index in [1.807, 2.05) is 0 Å². The Labute approximate surface area is 106 Å². The summed E-state index contributed by atoms with van der Waals surface area (Å²) in [4.78, 5) is 2.74. The van der Waals surface area contributed by atoms with Gasteiger partial charge in [0, 0.05) is 32.2 Å². The van der Waals surface area contributed by atoms with Gasteiger partial charge < -0.3 is 10.2 Å². The van der Waals surface area contributed by atoms with E-state index in [0.717, 1.165) is 29.7 Å². The summed E-state index contributed by atoms with van der Waals surface area (Å²) in [6.07, 6.45) is 6.18. The lowest BCUT2D eigenvalue weighted by Crippen LogP contribution is -2.53. The van der Waals surface area contributed by atoms with Gasteiger partial charge >= 0.3 is 0 Å². The molecule has 1 N–H and O–H groups in total. The normalized spacial score (nSPS) is 42.5. The number of fused-ring (bicyclic) bond motifs is 2. The molecular weight excluding hydrogens is 208 g/mol. The fraction of sp³-hybridized carbons (Fsp3) is 1.00.